The first-order chi connectivity index (χ1) is 13.6. The van der Waals surface area contributed by atoms with Gasteiger partial charge in [-0.3, -0.25) is 4.79 Å². The lowest BCUT2D eigenvalue weighted by molar-refractivity contribution is 0.0602. The SMILES string of the molecule is COC(=O)c1ccccc1NC(=O)c1ccnc(NCc2ccccc2F)c1. The van der Waals surface area contributed by atoms with Crippen LogP contribution in [0.3, 0.4) is 0 Å². The van der Waals surface area contributed by atoms with Crippen molar-refractivity contribution in [3.8, 4) is 0 Å². The number of para-hydroxylation sites is 1. The minimum atomic E-state index is -0.544. The molecule has 1 aromatic heterocycles. The molecule has 3 rings (SSSR count). The number of carbonyl (C=O) groups excluding carboxylic acids is 2. The highest BCUT2D eigenvalue weighted by Gasteiger charge is 2.14. The molecule has 2 N–H and O–H groups in total. The Labute approximate surface area is 161 Å². The Kier molecular flexibility index (Phi) is 5.96. The number of hydrogen-bond acceptors (Lipinski definition) is 5. The molecule has 0 bridgehead atoms. The lowest BCUT2D eigenvalue weighted by Crippen LogP contribution is -2.16. The quantitative estimate of drug-likeness (QED) is 0.636. The predicted molar refractivity (Wildman–Crippen MR) is 104 cm³/mol. The van der Waals surface area contributed by atoms with Crippen LogP contribution in [-0.4, -0.2) is 24.0 Å². The van der Waals surface area contributed by atoms with Crippen LogP contribution in [0.5, 0.6) is 0 Å². The van der Waals surface area contributed by atoms with Crippen molar-refractivity contribution in [2.75, 3.05) is 17.7 Å². The maximum absolute atomic E-state index is 13.7. The van der Waals surface area contributed by atoms with E-state index < -0.39 is 11.9 Å². The van der Waals surface area contributed by atoms with Gasteiger partial charge in [0.25, 0.3) is 5.91 Å². The third-order valence-electron chi connectivity index (χ3n) is 4.02. The molecular weight excluding hydrogens is 361 g/mol. The number of methoxy groups -OCH3 is 1. The zero-order valence-electron chi connectivity index (χ0n) is 15.1. The Morgan fingerprint density at radius 1 is 1.07 bits per heavy atom. The highest BCUT2D eigenvalue weighted by molar-refractivity contribution is 6.08. The monoisotopic (exact) mass is 379 g/mol. The molecule has 0 fully saturated rings. The summed E-state index contributed by atoms with van der Waals surface area (Å²) in [5, 5.41) is 5.69. The van der Waals surface area contributed by atoms with Crippen molar-refractivity contribution < 1.29 is 18.7 Å². The van der Waals surface area contributed by atoms with Gasteiger partial charge in [-0.1, -0.05) is 30.3 Å². The number of nitrogens with one attached hydrogen (secondary N) is 2. The van der Waals surface area contributed by atoms with Crippen molar-refractivity contribution in [2.24, 2.45) is 0 Å². The van der Waals surface area contributed by atoms with Crippen LogP contribution >= 0.6 is 0 Å². The van der Waals surface area contributed by atoms with E-state index >= 15 is 0 Å². The molecule has 0 radical (unpaired) electrons. The predicted octanol–water partition coefficient (Wildman–Crippen LogP) is 3.87. The highest BCUT2D eigenvalue weighted by atomic mass is 19.1. The zero-order chi connectivity index (χ0) is 19.9. The van der Waals surface area contributed by atoms with Gasteiger partial charge in [-0.15, -0.1) is 0 Å². The van der Waals surface area contributed by atoms with Gasteiger partial charge < -0.3 is 15.4 Å². The van der Waals surface area contributed by atoms with Crippen molar-refractivity contribution in [1.82, 2.24) is 4.98 Å². The fourth-order valence-electron chi connectivity index (χ4n) is 2.57. The maximum Gasteiger partial charge on any atom is 0.339 e. The first-order valence-corrected chi connectivity index (χ1v) is 8.50. The molecule has 0 aliphatic rings. The lowest BCUT2D eigenvalue weighted by atomic mass is 10.1. The number of amides is 1. The number of ether oxygens (including phenoxy) is 1. The van der Waals surface area contributed by atoms with Gasteiger partial charge in [0.05, 0.1) is 18.4 Å². The van der Waals surface area contributed by atoms with Crippen molar-refractivity contribution in [2.45, 2.75) is 6.54 Å². The second kappa shape index (κ2) is 8.77. The van der Waals surface area contributed by atoms with E-state index in [0.717, 1.165) is 0 Å². The highest BCUT2D eigenvalue weighted by Crippen LogP contribution is 2.18. The number of esters is 1. The summed E-state index contributed by atoms with van der Waals surface area (Å²) in [5.41, 5.74) is 1.43. The van der Waals surface area contributed by atoms with Gasteiger partial charge >= 0.3 is 5.97 Å². The van der Waals surface area contributed by atoms with Crippen LogP contribution in [0.15, 0.2) is 66.9 Å². The van der Waals surface area contributed by atoms with Crippen LogP contribution in [0.1, 0.15) is 26.3 Å². The molecule has 0 spiro atoms. The molecule has 0 aliphatic carbocycles. The summed E-state index contributed by atoms with van der Waals surface area (Å²) in [5.74, 6) is -0.842. The minimum absolute atomic E-state index is 0.232. The second-order valence-corrected chi connectivity index (χ2v) is 5.87. The molecule has 6 nitrogen and oxygen atoms in total. The average Bonchev–Trinajstić information content (AvgIpc) is 2.73. The number of halogens is 1. The van der Waals surface area contributed by atoms with E-state index in [1.54, 1.807) is 54.6 Å². The van der Waals surface area contributed by atoms with Crippen LogP contribution in [0.25, 0.3) is 0 Å². The molecule has 0 saturated heterocycles. The van der Waals surface area contributed by atoms with Crippen molar-refractivity contribution in [3.05, 3.63) is 89.4 Å². The zero-order valence-corrected chi connectivity index (χ0v) is 15.1. The molecule has 1 amide bonds. The van der Waals surface area contributed by atoms with Crippen molar-refractivity contribution in [3.63, 3.8) is 0 Å². The Morgan fingerprint density at radius 2 is 1.82 bits per heavy atom. The number of rotatable bonds is 6. The number of pyridine rings is 1. The summed E-state index contributed by atoms with van der Waals surface area (Å²) in [6.07, 6.45) is 1.48. The molecule has 142 valence electrons. The molecule has 0 atom stereocenters. The smallest absolute Gasteiger partial charge is 0.339 e. The van der Waals surface area contributed by atoms with Gasteiger partial charge in [-0.2, -0.15) is 0 Å². The summed E-state index contributed by atoms with van der Waals surface area (Å²) in [6, 6.07) is 16.1. The van der Waals surface area contributed by atoms with Crippen LogP contribution in [-0.2, 0) is 11.3 Å². The molecule has 0 saturated carbocycles. The number of hydrogen-bond donors (Lipinski definition) is 2. The fraction of sp³-hybridized carbons (Fsp3) is 0.0952. The summed E-state index contributed by atoms with van der Waals surface area (Å²) < 4.78 is 18.4. The largest absolute Gasteiger partial charge is 0.465 e. The molecule has 2 aromatic carbocycles. The molecule has 28 heavy (non-hydrogen) atoms. The Morgan fingerprint density at radius 3 is 2.61 bits per heavy atom. The summed E-state index contributed by atoms with van der Waals surface area (Å²) in [7, 11) is 1.28. The van der Waals surface area contributed by atoms with Gasteiger partial charge in [-0.25, -0.2) is 14.2 Å². The van der Waals surface area contributed by atoms with E-state index in [1.807, 2.05) is 0 Å². The third kappa shape index (κ3) is 4.50. The number of carbonyl (C=O) groups is 2. The Hall–Kier alpha value is -3.74. The van der Waals surface area contributed by atoms with E-state index in [0.29, 0.717) is 22.6 Å². The molecule has 7 heteroatoms. The van der Waals surface area contributed by atoms with Gasteiger partial charge in [0.15, 0.2) is 0 Å². The molecule has 3 aromatic rings. The molecule has 0 unspecified atom stereocenters. The van der Waals surface area contributed by atoms with Crippen LogP contribution in [0.4, 0.5) is 15.9 Å². The fourth-order valence-corrected chi connectivity index (χ4v) is 2.57. The van der Waals surface area contributed by atoms with Crippen LogP contribution in [0, 0.1) is 5.82 Å². The van der Waals surface area contributed by atoms with E-state index in [4.69, 9.17) is 4.74 Å². The average molecular weight is 379 g/mol. The van der Waals surface area contributed by atoms with E-state index in [2.05, 4.69) is 15.6 Å². The minimum Gasteiger partial charge on any atom is -0.465 e. The topological polar surface area (TPSA) is 80.3 Å². The summed E-state index contributed by atoms with van der Waals surface area (Å²) in [4.78, 5) is 28.6. The first-order valence-electron chi connectivity index (χ1n) is 8.50. The van der Waals surface area contributed by atoms with Gasteiger partial charge in [-0.05, 0) is 30.3 Å². The van der Waals surface area contributed by atoms with Crippen molar-refractivity contribution in [1.29, 1.82) is 0 Å². The number of anilines is 2. The normalized spacial score (nSPS) is 10.2. The van der Waals surface area contributed by atoms with Crippen LogP contribution in [0.2, 0.25) is 0 Å². The van der Waals surface area contributed by atoms with Crippen LogP contribution < -0.4 is 10.6 Å². The Balaban J connectivity index is 1.73. The van der Waals surface area contributed by atoms with E-state index in [-0.39, 0.29) is 17.9 Å². The molecule has 0 aliphatic heterocycles. The lowest BCUT2D eigenvalue weighted by Gasteiger charge is -2.11. The standard InChI is InChI=1S/C21H18FN3O3/c1-28-21(27)16-7-3-5-9-18(16)25-20(26)14-10-11-23-19(12-14)24-13-15-6-2-4-8-17(15)22/h2-12H,13H2,1H3,(H,23,24)(H,25,26). The maximum atomic E-state index is 13.7. The Bertz CT molecular complexity index is 1010. The van der Waals surface area contributed by atoms with E-state index in [1.165, 1.54) is 19.4 Å². The third-order valence-corrected chi connectivity index (χ3v) is 4.02. The number of nitrogens with zero attached hydrogens (tertiary/aromatic N) is 1. The van der Waals surface area contributed by atoms with Gasteiger partial charge in [0, 0.05) is 23.9 Å². The number of aromatic nitrogens is 1. The van der Waals surface area contributed by atoms with Gasteiger partial charge in [0.1, 0.15) is 11.6 Å². The number of benzene rings is 2. The first kappa shape index (κ1) is 19.0. The summed E-state index contributed by atoms with van der Waals surface area (Å²) >= 11 is 0. The molecular formula is C21H18FN3O3. The summed E-state index contributed by atoms with van der Waals surface area (Å²) in [6.45, 7) is 0.232. The van der Waals surface area contributed by atoms with Gasteiger partial charge in [0.2, 0.25) is 0 Å². The van der Waals surface area contributed by atoms with Crippen molar-refractivity contribution >= 4 is 23.4 Å². The van der Waals surface area contributed by atoms with E-state index in [9.17, 15) is 14.0 Å². The second-order valence-electron chi connectivity index (χ2n) is 5.87. The molecule has 1 heterocycles.